The van der Waals surface area contributed by atoms with E-state index in [0.717, 1.165) is 11.1 Å². The number of nitrogens with zero attached hydrogens (tertiary/aromatic N) is 1. The molecule has 0 aliphatic heterocycles. The molecule has 0 radical (unpaired) electrons. The summed E-state index contributed by atoms with van der Waals surface area (Å²) in [5.74, 6) is 0.0288. The van der Waals surface area contributed by atoms with Crippen LogP contribution in [0, 0.1) is 13.8 Å². The van der Waals surface area contributed by atoms with Crippen molar-refractivity contribution in [2.24, 2.45) is 5.73 Å². The summed E-state index contributed by atoms with van der Waals surface area (Å²) in [7, 11) is 1.79. The SMILES string of the molecule is Cc1ccc(C(=O)N(C)C(C)CN)cc1C.Cl. The quantitative estimate of drug-likeness (QED) is 0.901. The molecule has 0 aliphatic rings. The fourth-order valence-corrected chi connectivity index (χ4v) is 1.44. The molecule has 4 heteroatoms. The minimum absolute atomic E-state index is 0. The molecule has 0 aliphatic carbocycles. The first-order chi connectivity index (χ1) is 7.47. The van der Waals surface area contributed by atoms with Crippen molar-refractivity contribution in [2.45, 2.75) is 26.8 Å². The molecule has 2 N–H and O–H groups in total. The third-order valence-electron chi connectivity index (χ3n) is 3.08. The van der Waals surface area contributed by atoms with E-state index in [9.17, 15) is 4.79 Å². The summed E-state index contributed by atoms with van der Waals surface area (Å²) >= 11 is 0. The van der Waals surface area contributed by atoms with E-state index < -0.39 is 0 Å². The standard InChI is InChI=1S/C13H20N2O.ClH/c1-9-5-6-12(7-10(9)2)13(16)15(4)11(3)8-14;/h5-7,11H,8,14H2,1-4H3;1H. The molecule has 1 atom stereocenters. The Hall–Kier alpha value is -1.06. The van der Waals surface area contributed by atoms with E-state index >= 15 is 0 Å². The summed E-state index contributed by atoms with van der Waals surface area (Å²) in [6.07, 6.45) is 0. The number of carbonyl (C=O) groups is 1. The zero-order chi connectivity index (χ0) is 12.3. The van der Waals surface area contributed by atoms with Crippen LogP contribution in [-0.4, -0.2) is 30.4 Å². The van der Waals surface area contributed by atoms with E-state index in [0.29, 0.717) is 6.54 Å². The highest BCUT2D eigenvalue weighted by Gasteiger charge is 2.16. The number of rotatable bonds is 3. The summed E-state index contributed by atoms with van der Waals surface area (Å²) in [4.78, 5) is 13.8. The van der Waals surface area contributed by atoms with Crippen LogP contribution >= 0.6 is 12.4 Å². The average molecular weight is 257 g/mol. The lowest BCUT2D eigenvalue weighted by Crippen LogP contribution is -2.39. The second-order valence-electron chi connectivity index (χ2n) is 4.30. The number of halogens is 1. The number of hydrogen-bond donors (Lipinski definition) is 1. The zero-order valence-electron chi connectivity index (χ0n) is 10.9. The van der Waals surface area contributed by atoms with Gasteiger partial charge in [0.25, 0.3) is 5.91 Å². The van der Waals surface area contributed by atoms with Crippen molar-refractivity contribution >= 4 is 18.3 Å². The molecule has 0 fully saturated rings. The minimum atomic E-state index is 0. The lowest BCUT2D eigenvalue weighted by Gasteiger charge is -2.23. The van der Waals surface area contributed by atoms with Gasteiger partial charge >= 0.3 is 0 Å². The van der Waals surface area contributed by atoms with Crippen LogP contribution in [-0.2, 0) is 0 Å². The lowest BCUT2D eigenvalue weighted by atomic mass is 10.1. The summed E-state index contributed by atoms with van der Waals surface area (Å²) < 4.78 is 0. The van der Waals surface area contributed by atoms with Gasteiger partial charge in [0.15, 0.2) is 0 Å². The first-order valence-electron chi connectivity index (χ1n) is 5.52. The van der Waals surface area contributed by atoms with Gasteiger partial charge in [-0.05, 0) is 44.0 Å². The van der Waals surface area contributed by atoms with Gasteiger partial charge < -0.3 is 10.6 Å². The smallest absolute Gasteiger partial charge is 0.253 e. The van der Waals surface area contributed by atoms with Crippen LogP contribution in [0.5, 0.6) is 0 Å². The molecule has 17 heavy (non-hydrogen) atoms. The first kappa shape index (κ1) is 15.9. The molecule has 0 saturated carbocycles. The predicted molar refractivity (Wildman–Crippen MR) is 73.8 cm³/mol. The molecular weight excluding hydrogens is 236 g/mol. The molecule has 1 aromatic rings. The predicted octanol–water partition coefficient (Wildman–Crippen LogP) is 2.14. The fraction of sp³-hybridized carbons (Fsp3) is 0.462. The molecule has 0 bridgehead atoms. The second kappa shape index (κ2) is 6.62. The maximum atomic E-state index is 12.1. The van der Waals surface area contributed by atoms with Gasteiger partial charge in [-0.2, -0.15) is 0 Å². The topological polar surface area (TPSA) is 46.3 Å². The van der Waals surface area contributed by atoms with Crippen molar-refractivity contribution in [2.75, 3.05) is 13.6 Å². The Kier molecular flexibility index (Phi) is 6.21. The number of benzene rings is 1. The van der Waals surface area contributed by atoms with Crippen molar-refractivity contribution in [3.63, 3.8) is 0 Å². The maximum Gasteiger partial charge on any atom is 0.253 e. The summed E-state index contributed by atoms with van der Waals surface area (Å²) in [5, 5.41) is 0. The van der Waals surface area contributed by atoms with E-state index in [1.165, 1.54) is 5.56 Å². The molecule has 0 heterocycles. The normalized spacial score (nSPS) is 11.6. The number of aryl methyl sites for hydroxylation is 2. The highest BCUT2D eigenvalue weighted by Crippen LogP contribution is 2.12. The van der Waals surface area contributed by atoms with Crippen molar-refractivity contribution in [1.29, 1.82) is 0 Å². The van der Waals surface area contributed by atoms with Gasteiger partial charge in [0.05, 0.1) is 0 Å². The van der Waals surface area contributed by atoms with Gasteiger partial charge in [-0.15, -0.1) is 12.4 Å². The van der Waals surface area contributed by atoms with E-state index in [1.54, 1.807) is 11.9 Å². The van der Waals surface area contributed by atoms with Gasteiger partial charge in [-0.3, -0.25) is 4.79 Å². The van der Waals surface area contributed by atoms with E-state index in [1.807, 2.05) is 39.0 Å². The fourth-order valence-electron chi connectivity index (χ4n) is 1.44. The zero-order valence-corrected chi connectivity index (χ0v) is 11.7. The van der Waals surface area contributed by atoms with Crippen LogP contribution in [0.4, 0.5) is 0 Å². The van der Waals surface area contributed by atoms with Crippen molar-refractivity contribution in [3.05, 3.63) is 34.9 Å². The lowest BCUT2D eigenvalue weighted by molar-refractivity contribution is 0.0748. The van der Waals surface area contributed by atoms with E-state index in [4.69, 9.17) is 5.73 Å². The molecular formula is C13H21ClN2O. The van der Waals surface area contributed by atoms with E-state index in [2.05, 4.69) is 0 Å². The van der Waals surface area contributed by atoms with E-state index in [-0.39, 0.29) is 24.4 Å². The molecule has 1 unspecified atom stereocenters. The number of hydrogen-bond acceptors (Lipinski definition) is 2. The van der Waals surface area contributed by atoms with Crippen molar-refractivity contribution in [1.82, 2.24) is 4.90 Å². The Morgan fingerprint density at radius 1 is 1.35 bits per heavy atom. The summed E-state index contributed by atoms with van der Waals surface area (Å²) in [6.45, 7) is 6.47. The summed E-state index contributed by atoms with van der Waals surface area (Å²) in [6, 6.07) is 5.83. The number of likely N-dealkylation sites (N-methyl/N-ethyl adjacent to an activating group) is 1. The maximum absolute atomic E-state index is 12.1. The molecule has 3 nitrogen and oxygen atoms in total. The number of amides is 1. The first-order valence-corrected chi connectivity index (χ1v) is 5.52. The van der Waals surface area contributed by atoms with Crippen LogP contribution in [0.15, 0.2) is 18.2 Å². The Morgan fingerprint density at radius 2 is 1.94 bits per heavy atom. The second-order valence-corrected chi connectivity index (χ2v) is 4.30. The number of nitrogens with two attached hydrogens (primary N) is 1. The Balaban J connectivity index is 0.00000256. The largest absolute Gasteiger partial charge is 0.338 e. The Morgan fingerprint density at radius 3 is 2.41 bits per heavy atom. The van der Waals surface area contributed by atoms with Crippen LogP contribution < -0.4 is 5.73 Å². The Labute approximate surface area is 109 Å². The Bertz CT molecular complexity index is 393. The van der Waals surface area contributed by atoms with Crippen LogP contribution in [0.3, 0.4) is 0 Å². The molecule has 1 amide bonds. The van der Waals surface area contributed by atoms with Gasteiger partial charge in [-0.25, -0.2) is 0 Å². The highest BCUT2D eigenvalue weighted by atomic mass is 35.5. The molecule has 0 saturated heterocycles. The van der Waals surface area contributed by atoms with Gasteiger partial charge in [-0.1, -0.05) is 6.07 Å². The number of carbonyl (C=O) groups excluding carboxylic acids is 1. The highest BCUT2D eigenvalue weighted by molar-refractivity contribution is 5.94. The monoisotopic (exact) mass is 256 g/mol. The van der Waals surface area contributed by atoms with Gasteiger partial charge in [0.1, 0.15) is 0 Å². The molecule has 1 rings (SSSR count). The summed E-state index contributed by atoms with van der Waals surface area (Å²) in [5.41, 5.74) is 8.62. The van der Waals surface area contributed by atoms with Crippen molar-refractivity contribution in [3.8, 4) is 0 Å². The average Bonchev–Trinajstić information content (AvgIpc) is 2.29. The van der Waals surface area contributed by atoms with Crippen molar-refractivity contribution < 1.29 is 4.79 Å². The van der Waals surface area contributed by atoms with Crippen LogP contribution in [0.2, 0.25) is 0 Å². The third kappa shape index (κ3) is 3.72. The molecule has 0 aromatic heterocycles. The molecule has 96 valence electrons. The minimum Gasteiger partial charge on any atom is -0.338 e. The molecule has 0 spiro atoms. The van der Waals surface area contributed by atoms with Gasteiger partial charge in [0.2, 0.25) is 0 Å². The van der Waals surface area contributed by atoms with Gasteiger partial charge in [0, 0.05) is 25.2 Å². The molecule has 1 aromatic carbocycles. The van der Waals surface area contributed by atoms with Crippen LogP contribution in [0.25, 0.3) is 0 Å². The third-order valence-corrected chi connectivity index (χ3v) is 3.08. The van der Waals surface area contributed by atoms with Crippen LogP contribution in [0.1, 0.15) is 28.4 Å².